The number of ether oxygens (including phenoxy) is 1. The van der Waals surface area contributed by atoms with Crippen LogP contribution in [-0.4, -0.2) is 43.4 Å². The van der Waals surface area contributed by atoms with Crippen molar-refractivity contribution in [1.29, 1.82) is 0 Å². The molecule has 5 nitrogen and oxygen atoms in total. The fourth-order valence-corrected chi connectivity index (χ4v) is 2.98. The zero-order valence-corrected chi connectivity index (χ0v) is 12.3. The number of carbonyl (C=O) groups excluding carboxylic acids is 1. The normalized spacial score (nSPS) is 26.4. The van der Waals surface area contributed by atoms with Gasteiger partial charge in [-0.05, 0) is 43.5 Å². The molecule has 2 fully saturated rings. The van der Waals surface area contributed by atoms with Gasteiger partial charge in [0.15, 0.2) is 0 Å². The van der Waals surface area contributed by atoms with Gasteiger partial charge in [0.2, 0.25) is 5.91 Å². The molecule has 5 heteroatoms. The summed E-state index contributed by atoms with van der Waals surface area (Å²) in [6.07, 6.45) is 2.41. The van der Waals surface area contributed by atoms with Crippen molar-refractivity contribution in [2.45, 2.75) is 30.3 Å². The first-order valence-electron chi connectivity index (χ1n) is 7.44. The molecule has 1 aromatic carbocycles. The van der Waals surface area contributed by atoms with E-state index in [-0.39, 0.29) is 5.91 Å². The van der Waals surface area contributed by atoms with Gasteiger partial charge in [-0.25, -0.2) is 0 Å². The summed E-state index contributed by atoms with van der Waals surface area (Å²) < 4.78 is 5.15. The molecule has 114 valence electrons. The van der Waals surface area contributed by atoms with Gasteiger partial charge in [-0.15, -0.1) is 0 Å². The lowest BCUT2D eigenvalue weighted by Crippen LogP contribution is -2.47. The topological polar surface area (TPSA) is 70.6 Å². The lowest BCUT2D eigenvalue weighted by molar-refractivity contribution is -0.124. The third-order valence-corrected chi connectivity index (χ3v) is 4.63. The van der Waals surface area contributed by atoms with Crippen LogP contribution in [0.3, 0.4) is 0 Å². The molecule has 1 aliphatic carbocycles. The SMILES string of the molecule is COc1ccc(C2(C(=O)NC[C@]3(O)CCNC3)CC2)cc1. The van der Waals surface area contributed by atoms with Gasteiger partial charge in [-0.3, -0.25) is 4.79 Å². The largest absolute Gasteiger partial charge is 0.497 e. The minimum Gasteiger partial charge on any atom is -0.497 e. The van der Waals surface area contributed by atoms with Crippen LogP contribution in [0.15, 0.2) is 24.3 Å². The number of amides is 1. The molecule has 3 N–H and O–H groups in total. The van der Waals surface area contributed by atoms with Crippen molar-refractivity contribution in [2.24, 2.45) is 0 Å². The monoisotopic (exact) mass is 290 g/mol. The number of rotatable bonds is 5. The molecule has 2 aliphatic rings. The van der Waals surface area contributed by atoms with E-state index in [9.17, 15) is 9.90 Å². The van der Waals surface area contributed by atoms with Gasteiger partial charge < -0.3 is 20.5 Å². The molecule has 0 unspecified atom stereocenters. The Bertz CT molecular complexity index is 517. The van der Waals surface area contributed by atoms with Crippen LogP contribution in [0.5, 0.6) is 5.75 Å². The summed E-state index contributed by atoms with van der Waals surface area (Å²) in [5.74, 6) is 0.814. The second kappa shape index (κ2) is 5.31. The number of methoxy groups -OCH3 is 1. The molecule has 0 spiro atoms. The van der Waals surface area contributed by atoms with Crippen LogP contribution in [-0.2, 0) is 10.2 Å². The number of carbonyl (C=O) groups is 1. The Kier molecular flexibility index (Phi) is 3.63. The van der Waals surface area contributed by atoms with Gasteiger partial charge in [0.05, 0.1) is 18.1 Å². The summed E-state index contributed by atoms with van der Waals surface area (Å²) in [6, 6.07) is 7.68. The standard InChI is InChI=1S/C16H22N2O3/c1-21-13-4-2-12(3-5-13)16(6-7-16)14(19)18-11-15(20)8-9-17-10-15/h2-5,17,20H,6-11H2,1H3,(H,18,19)/t15-/m0/s1. The number of β-amino-alcohol motifs (C(OH)–C–C–N with tert-alkyl or cyclic N) is 1. The van der Waals surface area contributed by atoms with Crippen LogP contribution < -0.4 is 15.4 Å². The summed E-state index contributed by atoms with van der Waals surface area (Å²) in [4.78, 5) is 12.5. The quantitative estimate of drug-likeness (QED) is 0.741. The van der Waals surface area contributed by atoms with Gasteiger partial charge in [-0.2, -0.15) is 0 Å². The maximum atomic E-state index is 12.5. The Morgan fingerprint density at radius 3 is 2.57 bits per heavy atom. The molecule has 1 heterocycles. The van der Waals surface area contributed by atoms with Crippen molar-refractivity contribution in [3.8, 4) is 5.75 Å². The van der Waals surface area contributed by atoms with E-state index in [1.165, 1.54) is 0 Å². The Balaban J connectivity index is 1.65. The van der Waals surface area contributed by atoms with E-state index in [1.54, 1.807) is 7.11 Å². The van der Waals surface area contributed by atoms with E-state index in [4.69, 9.17) is 4.74 Å². The van der Waals surface area contributed by atoms with E-state index in [0.717, 1.165) is 30.7 Å². The van der Waals surface area contributed by atoms with Crippen molar-refractivity contribution < 1.29 is 14.6 Å². The Morgan fingerprint density at radius 1 is 1.33 bits per heavy atom. The highest BCUT2D eigenvalue weighted by Gasteiger charge is 2.51. The summed E-state index contributed by atoms with van der Waals surface area (Å²) in [5, 5.41) is 16.3. The van der Waals surface area contributed by atoms with E-state index in [2.05, 4.69) is 10.6 Å². The van der Waals surface area contributed by atoms with E-state index < -0.39 is 11.0 Å². The lowest BCUT2D eigenvalue weighted by atomic mass is 9.94. The molecule has 0 bridgehead atoms. The van der Waals surface area contributed by atoms with Crippen molar-refractivity contribution in [3.63, 3.8) is 0 Å². The van der Waals surface area contributed by atoms with E-state index in [0.29, 0.717) is 19.5 Å². The summed E-state index contributed by atoms with van der Waals surface area (Å²) in [6.45, 7) is 1.66. The van der Waals surface area contributed by atoms with Crippen LogP contribution in [0, 0.1) is 0 Å². The zero-order valence-electron chi connectivity index (χ0n) is 12.3. The number of benzene rings is 1. The molecule has 1 amide bonds. The van der Waals surface area contributed by atoms with Crippen molar-refractivity contribution in [1.82, 2.24) is 10.6 Å². The highest BCUT2D eigenvalue weighted by atomic mass is 16.5. The Morgan fingerprint density at radius 2 is 2.05 bits per heavy atom. The van der Waals surface area contributed by atoms with Gasteiger partial charge in [0, 0.05) is 13.1 Å². The first kappa shape index (κ1) is 14.4. The first-order chi connectivity index (χ1) is 10.1. The van der Waals surface area contributed by atoms with E-state index >= 15 is 0 Å². The van der Waals surface area contributed by atoms with Crippen LogP contribution >= 0.6 is 0 Å². The fraction of sp³-hybridized carbons (Fsp3) is 0.562. The average molecular weight is 290 g/mol. The van der Waals surface area contributed by atoms with Crippen molar-refractivity contribution in [2.75, 3.05) is 26.7 Å². The van der Waals surface area contributed by atoms with Crippen molar-refractivity contribution >= 4 is 5.91 Å². The van der Waals surface area contributed by atoms with Gasteiger partial charge in [0.1, 0.15) is 5.75 Å². The van der Waals surface area contributed by atoms with Crippen molar-refractivity contribution in [3.05, 3.63) is 29.8 Å². The second-order valence-corrected chi connectivity index (χ2v) is 6.14. The molecular formula is C16H22N2O3. The highest BCUT2D eigenvalue weighted by molar-refractivity contribution is 5.91. The number of aliphatic hydroxyl groups is 1. The Hall–Kier alpha value is -1.59. The molecule has 0 radical (unpaired) electrons. The third-order valence-electron chi connectivity index (χ3n) is 4.63. The highest BCUT2D eigenvalue weighted by Crippen LogP contribution is 2.48. The van der Waals surface area contributed by atoms with E-state index in [1.807, 2.05) is 24.3 Å². The molecular weight excluding hydrogens is 268 g/mol. The molecule has 1 saturated carbocycles. The van der Waals surface area contributed by atoms with Crippen LogP contribution in [0.25, 0.3) is 0 Å². The molecule has 1 saturated heterocycles. The summed E-state index contributed by atoms with van der Waals surface area (Å²) in [5.41, 5.74) is -0.183. The maximum absolute atomic E-state index is 12.5. The summed E-state index contributed by atoms with van der Waals surface area (Å²) in [7, 11) is 1.63. The predicted octanol–water partition coefficient (Wildman–Crippen LogP) is 0.567. The first-order valence-corrected chi connectivity index (χ1v) is 7.44. The van der Waals surface area contributed by atoms with Gasteiger partial charge in [-0.1, -0.05) is 12.1 Å². The van der Waals surface area contributed by atoms with Crippen LogP contribution in [0.1, 0.15) is 24.8 Å². The Labute approximate surface area is 124 Å². The number of hydrogen-bond acceptors (Lipinski definition) is 4. The van der Waals surface area contributed by atoms with Crippen LogP contribution in [0.2, 0.25) is 0 Å². The third kappa shape index (κ3) is 2.76. The number of nitrogens with one attached hydrogen (secondary N) is 2. The zero-order chi connectivity index (χ0) is 14.9. The average Bonchev–Trinajstić information content (AvgIpc) is 3.22. The molecule has 0 aromatic heterocycles. The number of hydrogen-bond donors (Lipinski definition) is 3. The fourth-order valence-electron chi connectivity index (χ4n) is 2.98. The smallest absolute Gasteiger partial charge is 0.230 e. The molecule has 3 rings (SSSR count). The molecule has 1 aliphatic heterocycles. The minimum atomic E-state index is -0.800. The molecule has 1 atom stereocenters. The minimum absolute atomic E-state index is 0.0213. The van der Waals surface area contributed by atoms with Gasteiger partial charge >= 0.3 is 0 Å². The molecule has 1 aromatic rings. The van der Waals surface area contributed by atoms with Crippen LogP contribution in [0.4, 0.5) is 0 Å². The predicted molar refractivity (Wildman–Crippen MR) is 79.4 cm³/mol. The van der Waals surface area contributed by atoms with Gasteiger partial charge in [0.25, 0.3) is 0 Å². The second-order valence-electron chi connectivity index (χ2n) is 6.14. The maximum Gasteiger partial charge on any atom is 0.230 e. The molecule has 21 heavy (non-hydrogen) atoms. The lowest BCUT2D eigenvalue weighted by Gasteiger charge is -2.24. The summed E-state index contributed by atoms with van der Waals surface area (Å²) >= 11 is 0.